The Labute approximate surface area is 186 Å². The van der Waals surface area contributed by atoms with Gasteiger partial charge in [0, 0.05) is 17.3 Å². The quantitative estimate of drug-likeness (QED) is 0.393. The Kier molecular flexibility index (Phi) is 7.25. The number of amides is 1. The lowest BCUT2D eigenvalue weighted by atomic mass is 10.1. The zero-order valence-corrected chi connectivity index (χ0v) is 18.1. The van der Waals surface area contributed by atoms with Crippen molar-refractivity contribution in [3.63, 3.8) is 0 Å². The van der Waals surface area contributed by atoms with Crippen LogP contribution in [0.15, 0.2) is 66.2 Å². The van der Waals surface area contributed by atoms with E-state index in [1.54, 1.807) is 30.3 Å². The Morgan fingerprint density at radius 2 is 1.84 bits per heavy atom. The van der Waals surface area contributed by atoms with E-state index in [9.17, 15) is 14.4 Å². The van der Waals surface area contributed by atoms with Crippen molar-refractivity contribution in [2.45, 2.75) is 20.5 Å². The molecule has 162 valence electrons. The number of halogens is 1. The third-order valence-corrected chi connectivity index (χ3v) is 4.83. The molecule has 3 aromatic rings. The van der Waals surface area contributed by atoms with E-state index in [-0.39, 0.29) is 18.0 Å². The van der Waals surface area contributed by atoms with Crippen LogP contribution in [0.5, 0.6) is 11.5 Å². The Morgan fingerprint density at radius 3 is 2.53 bits per heavy atom. The first kappa shape index (κ1) is 22.6. The van der Waals surface area contributed by atoms with Crippen molar-refractivity contribution in [1.29, 1.82) is 5.26 Å². The molecule has 0 saturated carbocycles. The smallest absolute Gasteiger partial charge is 0.266 e. The number of nitriles is 1. The molecule has 0 bridgehead atoms. The van der Waals surface area contributed by atoms with Crippen LogP contribution in [0.3, 0.4) is 0 Å². The summed E-state index contributed by atoms with van der Waals surface area (Å²) in [4.78, 5) is 12.8. The first-order valence-corrected chi connectivity index (χ1v) is 9.95. The third-order valence-electron chi connectivity index (χ3n) is 4.83. The second-order valence-electron chi connectivity index (χ2n) is 7.26. The number of nitrogens with zero attached hydrogens (tertiary/aromatic N) is 1. The lowest BCUT2D eigenvalue weighted by Crippen LogP contribution is -2.14. The van der Waals surface area contributed by atoms with Crippen molar-refractivity contribution < 1.29 is 18.7 Å². The van der Waals surface area contributed by atoms with Crippen LogP contribution in [0.2, 0.25) is 0 Å². The molecule has 5 nitrogen and oxygen atoms in total. The van der Waals surface area contributed by atoms with Crippen LogP contribution in [0, 0.1) is 31.0 Å². The number of benzene rings is 3. The minimum absolute atomic E-state index is 0.0669. The average Bonchev–Trinajstić information content (AvgIpc) is 2.79. The Hall–Kier alpha value is -4.11. The monoisotopic (exact) mass is 430 g/mol. The van der Waals surface area contributed by atoms with E-state index in [1.165, 1.54) is 25.3 Å². The van der Waals surface area contributed by atoms with Gasteiger partial charge in [-0.2, -0.15) is 5.26 Å². The highest BCUT2D eigenvalue weighted by molar-refractivity contribution is 6.10. The van der Waals surface area contributed by atoms with Gasteiger partial charge in [0.05, 0.1) is 7.11 Å². The van der Waals surface area contributed by atoms with Crippen molar-refractivity contribution >= 4 is 17.7 Å². The number of nitrogens with one attached hydrogen (secondary N) is 1. The van der Waals surface area contributed by atoms with Crippen molar-refractivity contribution in [2.75, 3.05) is 12.4 Å². The fourth-order valence-electron chi connectivity index (χ4n) is 2.99. The normalized spacial score (nSPS) is 10.9. The first-order valence-electron chi connectivity index (χ1n) is 9.95. The lowest BCUT2D eigenvalue weighted by molar-refractivity contribution is -0.112. The number of rotatable bonds is 7. The number of methoxy groups -OCH3 is 1. The fourth-order valence-corrected chi connectivity index (χ4v) is 2.99. The summed E-state index contributed by atoms with van der Waals surface area (Å²) in [7, 11) is 1.53. The molecule has 0 aliphatic heterocycles. The molecule has 0 unspecified atom stereocenters. The molecule has 0 spiro atoms. The number of ether oxygens (including phenoxy) is 2. The maximum Gasteiger partial charge on any atom is 0.266 e. The molecule has 0 heterocycles. The minimum atomic E-state index is -0.512. The highest BCUT2D eigenvalue weighted by Crippen LogP contribution is 2.28. The van der Waals surface area contributed by atoms with Gasteiger partial charge in [-0.15, -0.1) is 0 Å². The second kappa shape index (κ2) is 10.3. The van der Waals surface area contributed by atoms with E-state index >= 15 is 0 Å². The fraction of sp³-hybridized carbons (Fsp3) is 0.154. The highest BCUT2D eigenvalue weighted by atomic mass is 19.1. The van der Waals surface area contributed by atoms with Crippen LogP contribution < -0.4 is 14.8 Å². The number of aryl methyl sites for hydroxylation is 2. The second-order valence-corrected chi connectivity index (χ2v) is 7.26. The molecule has 0 aliphatic carbocycles. The molecular formula is C26H23FN2O3. The van der Waals surface area contributed by atoms with Gasteiger partial charge >= 0.3 is 0 Å². The van der Waals surface area contributed by atoms with E-state index in [4.69, 9.17) is 9.47 Å². The Bertz CT molecular complexity index is 1190. The van der Waals surface area contributed by atoms with Crippen molar-refractivity contribution in [1.82, 2.24) is 0 Å². The molecular weight excluding hydrogens is 407 g/mol. The van der Waals surface area contributed by atoms with Crippen molar-refractivity contribution in [2.24, 2.45) is 0 Å². The van der Waals surface area contributed by atoms with Gasteiger partial charge in [0.1, 0.15) is 35.6 Å². The summed E-state index contributed by atoms with van der Waals surface area (Å²) >= 11 is 0. The number of carbonyl (C=O) groups is 1. The number of hydrogen-bond donors (Lipinski definition) is 1. The van der Waals surface area contributed by atoms with E-state index in [1.807, 2.05) is 38.1 Å². The van der Waals surface area contributed by atoms with Gasteiger partial charge in [0.2, 0.25) is 0 Å². The summed E-state index contributed by atoms with van der Waals surface area (Å²) in [6.07, 6.45) is 1.47. The van der Waals surface area contributed by atoms with Crippen LogP contribution >= 0.6 is 0 Å². The molecule has 3 aromatic carbocycles. The van der Waals surface area contributed by atoms with E-state index in [2.05, 4.69) is 5.32 Å². The predicted octanol–water partition coefficient (Wildman–Crippen LogP) is 5.58. The predicted molar refractivity (Wildman–Crippen MR) is 122 cm³/mol. The molecule has 32 heavy (non-hydrogen) atoms. The van der Waals surface area contributed by atoms with E-state index < -0.39 is 5.91 Å². The van der Waals surface area contributed by atoms with Gasteiger partial charge in [-0.05, 0) is 66.9 Å². The number of anilines is 1. The summed E-state index contributed by atoms with van der Waals surface area (Å²) in [5.74, 6) is 0.157. The molecule has 3 rings (SSSR count). The standard InChI is InChI=1S/C26H23FN2O3/c1-17-4-5-18(2)24(12-17)29-26(30)21(15-28)13-20-8-11-23(31-3)14-25(20)32-16-19-6-9-22(27)10-7-19/h4-14H,16H2,1-3H3,(H,29,30)/b21-13+. The zero-order chi connectivity index (χ0) is 23.1. The summed E-state index contributed by atoms with van der Waals surface area (Å²) in [6.45, 7) is 4.00. The van der Waals surface area contributed by atoms with Crippen LogP contribution in [-0.2, 0) is 11.4 Å². The molecule has 0 saturated heterocycles. The summed E-state index contributed by atoms with van der Waals surface area (Å²) < 4.78 is 24.3. The topological polar surface area (TPSA) is 71.3 Å². The molecule has 1 amide bonds. The molecule has 0 atom stereocenters. The molecule has 0 aliphatic rings. The van der Waals surface area contributed by atoms with Crippen LogP contribution in [-0.4, -0.2) is 13.0 Å². The maximum absolute atomic E-state index is 13.1. The zero-order valence-electron chi connectivity index (χ0n) is 18.1. The molecule has 6 heteroatoms. The van der Waals surface area contributed by atoms with Gasteiger partial charge in [0.25, 0.3) is 5.91 Å². The molecule has 0 radical (unpaired) electrons. The summed E-state index contributed by atoms with van der Waals surface area (Å²) in [6, 6.07) is 18.7. The molecule has 0 fully saturated rings. The van der Waals surface area contributed by atoms with Gasteiger partial charge in [-0.25, -0.2) is 4.39 Å². The van der Waals surface area contributed by atoms with Crippen LogP contribution in [0.25, 0.3) is 6.08 Å². The average molecular weight is 430 g/mol. The lowest BCUT2D eigenvalue weighted by Gasteiger charge is -2.12. The Morgan fingerprint density at radius 1 is 1.09 bits per heavy atom. The van der Waals surface area contributed by atoms with Gasteiger partial charge in [0.15, 0.2) is 0 Å². The van der Waals surface area contributed by atoms with Crippen LogP contribution in [0.1, 0.15) is 22.3 Å². The third kappa shape index (κ3) is 5.73. The maximum atomic E-state index is 13.1. The highest BCUT2D eigenvalue weighted by Gasteiger charge is 2.13. The number of hydrogen-bond acceptors (Lipinski definition) is 4. The first-order chi connectivity index (χ1) is 15.4. The van der Waals surface area contributed by atoms with Crippen LogP contribution in [0.4, 0.5) is 10.1 Å². The molecule has 1 N–H and O–H groups in total. The minimum Gasteiger partial charge on any atom is -0.497 e. The van der Waals surface area contributed by atoms with E-state index in [0.29, 0.717) is 22.7 Å². The van der Waals surface area contributed by atoms with Gasteiger partial charge in [-0.1, -0.05) is 24.3 Å². The largest absolute Gasteiger partial charge is 0.497 e. The number of carbonyl (C=O) groups excluding carboxylic acids is 1. The van der Waals surface area contributed by atoms with Gasteiger partial charge < -0.3 is 14.8 Å². The SMILES string of the molecule is COc1ccc(/C=C(\C#N)C(=O)Nc2cc(C)ccc2C)c(OCc2ccc(F)cc2)c1. The Balaban J connectivity index is 1.87. The molecule has 0 aromatic heterocycles. The van der Waals surface area contributed by atoms with Crippen molar-refractivity contribution in [3.05, 3.63) is 94.3 Å². The van der Waals surface area contributed by atoms with Crippen molar-refractivity contribution in [3.8, 4) is 17.6 Å². The van der Waals surface area contributed by atoms with Gasteiger partial charge in [-0.3, -0.25) is 4.79 Å². The summed E-state index contributed by atoms with van der Waals surface area (Å²) in [5, 5.41) is 12.4. The van der Waals surface area contributed by atoms with E-state index in [0.717, 1.165) is 16.7 Å². The summed E-state index contributed by atoms with van der Waals surface area (Å²) in [5.41, 5.74) is 3.80.